The molecule has 0 atom stereocenters. The number of hydrogen-bond acceptors (Lipinski definition) is 4. The molecule has 0 bridgehead atoms. The van der Waals surface area contributed by atoms with Crippen molar-refractivity contribution in [2.24, 2.45) is 4.99 Å². The summed E-state index contributed by atoms with van der Waals surface area (Å²) in [4.78, 5) is 23.7. The minimum Gasteiger partial charge on any atom is -0.356 e. The molecule has 1 amide bonds. The third kappa shape index (κ3) is 7.77. The fourth-order valence-electron chi connectivity index (χ4n) is 2.81. The largest absolute Gasteiger partial charge is 0.356 e. The van der Waals surface area contributed by atoms with Gasteiger partial charge >= 0.3 is 0 Å². The topological polar surface area (TPSA) is 69.6 Å². The fraction of sp³-hybridized carbons (Fsp3) is 0.722. The van der Waals surface area contributed by atoms with Gasteiger partial charge < -0.3 is 15.5 Å². The molecule has 26 heavy (non-hydrogen) atoms. The highest BCUT2D eigenvalue weighted by Gasteiger charge is 2.15. The van der Waals surface area contributed by atoms with Gasteiger partial charge in [-0.25, -0.2) is 9.98 Å². The summed E-state index contributed by atoms with van der Waals surface area (Å²) in [7, 11) is 3.51. The summed E-state index contributed by atoms with van der Waals surface area (Å²) in [6.45, 7) is 5.09. The van der Waals surface area contributed by atoms with Crippen molar-refractivity contribution in [3.05, 3.63) is 15.6 Å². The van der Waals surface area contributed by atoms with E-state index >= 15 is 0 Å². The van der Waals surface area contributed by atoms with Crippen molar-refractivity contribution in [1.29, 1.82) is 0 Å². The summed E-state index contributed by atoms with van der Waals surface area (Å²) in [5.74, 6) is 0.753. The molecule has 0 unspecified atom stereocenters. The maximum Gasteiger partial charge on any atom is 0.243 e. The van der Waals surface area contributed by atoms with Crippen LogP contribution in [0.3, 0.4) is 0 Å². The Morgan fingerprint density at radius 2 is 1.96 bits per heavy atom. The van der Waals surface area contributed by atoms with Crippen LogP contribution < -0.4 is 10.6 Å². The Labute approximate surface area is 178 Å². The number of aryl methyl sites for hydroxylation is 2. The number of carbonyl (C=O) groups excluding carboxylic acids is 1. The number of carbonyl (C=O) groups is 1. The van der Waals surface area contributed by atoms with Crippen molar-refractivity contribution >= 4 is 47.2 Å². The number of thiazole rings is 1. The molecule has 1 aliphatic carbocycles. The minimum absolute atomic E-state index is 0. The van der Waals surface area contributed by atoms with E-state index in [2.05, 4.69) is 27.5 Å². The Kier molecular flexibility index (Phi) is 10.4. The van der Waals surface area contributed by atoms with Crippen molar-refractivity contribution in [3.63, 3.8) is 0 Å². The molecule has 0 spiro atoms. The van der Waals surface area contributed by atoms with Gasteiger partial charge in [-0.3, -0.25) is 4.79 Å². The van der Waals surface area contributed by atoms with Gasteiger partial charge in [-0.1, -0.05) is 19.3 Å². The lowest BCUT2D eigenvalue weighted by molar-refractivity contribution is -0.127. The zero-order valence-electron chi connectivity index (χ0n) is 16.3. The molecule has 1 saturated carbocycles. The molecular formula is C18H32IN5OS. The van der Waals surface area contributed by atoms with Crippen molar-refractivity contribution < 1.29 is 4.79 Å². The van der Waals surface area contributed by atoms with Gasteiger partial charge in [-0.05, 0) is 26.7 Å². The molecular weight excluding hydrogens is 461 g/mol. The molecule has 0 saturated heterocycles. The van der Waals surface area contributed by atoms with E-state index < -0.39 is 0 Å². The van der Waals surface area contributed by atoms with Crippen molar-refractivity contribution in [3.8, 4) is 0 Å². The van der Waals surface area contributed by atoms with E-state index in [0.717, 1.165) is 29.6 Å². The van der Waals surface area contributed by atoms with Crippen LogP contribution in [0.5, 0.6) is 0 Å². The SMILES string of the molecule is Cc1nc(CCNC(=NCC(=O)N(C)C)NC2CCCCC2)sc1C.I. The number of nitrogens with one attached hydrogen (secondary N) is 2. The molecule has 2 rings (SSSR count). The lowest BCUT2D eigenvalue weighted by atomic mass is 9.96. The van der Waals surface area contributed by atoms with Gasteiger partial charge in [0.15, 0.2) is 5.96 Å². The molecule has 1 aromatic heterocycles. The Balaban J connectivity index is 0.00000338. The van der Waals surface area contributed by atoms with Crippen LogP contribution in [0.1, 0.15) is 47.7 Å². The third-order valence-electron chi connectivity index (χ3n) is 4.52. The predicted octanol–water partition coefficient (Wildman–Crippen LogP) is 2.88. The van der Waals surface area contributed by atoms with Gasteiger partial charge in [0.05, 0.1) is 10.7 Å². The summed E-state index contributed by atoms with van der Waals surface area (Å²) < 4.78 is 0. The normalized spacial score (nSPS) is 15.3. The molecule has 6 nitrogen and oxygen atoms in total. The van der Waals surface area contributed by atoms with Crippen LogP contribution in [-0.4, -0.2) is 55.0 Å². The van der Waals surface area contributed by atoms with E-state index in [-0.39, 0.29) is 36.4 Å². The zero-order valence-corrected chi connectivity index (χ0v) is 19.4. The van der Waals surface area contributed by atoms with Crippen LogP contribution in [0.15, 0.2) is 4.99 Å². The fourth-order valence-corrected chi connectivity index (χ4v) is 3.75. The monoisotopic (exact) mass is 493 g/mol. The summed E-state index contributed by atoms with van der Waals surface area (Å²) in [5.41, 5.74) is 1.12. The summed E-state index contributed by atoms with van der Waals surface area (Å²) in [5, 5.41) is 8.02. The molecule has 0 aromatic carbocycles. The van der Waals surface area contributed by atoms with Gasteiger partial charge in [0.2, 0.25) is 5.91 Å². The highest BCUT2D eigenvalue weighted by molar-refractivity contribution is 14.0. The molecule has 1 fully saturated rings. The third-order valence-corrected chi connectivity index (χ3v) is 5.65. The van der Waals surface area contributed by atoms with Crippen molar-refractivity contribution in [2.45, 2.75) is 58.4 Å². The molecule has 1 heterocycles. The molecule has 148 valence electrons. The Morgan fingerprint density at radius 1 is 1.27 bits per heavy atom. The highest BCUT2D eigenvalue weighted by Crippen LogP contribution is 2.18. The second-order valence-corrected chi connectivity index (χ2v) is 8.15. The van der Waals surface area contributed by atoms with Crippen molar-refractivity contribution in [2.75, 3.05) is 27.2 Å². The highest BCUT2D eigenvalue weighted by atomic mass is 127. The maximum atomic E-state index is 11.8. The first kappa shape index (κ1) is 23.1. The number of nitrogens with zero attached hydrogens (tertiary/aromatic N) is 3. The number of likely N-dealkylation sites (N-methyl/N-ethyl adjacent to an activating group) is 1. The smallest absolute Gasteiger partial charge is 0.243 e. The number of halogens is 1. The Bertz CT molecular complexity index is 577. The molecule has 8 heteroatoms. The first-order valence-corrected chi connectivity index (χ1v) is 9.95. The van der Waals surface area contributed by atoms with Crippen LogP contribution in [0.4, 0.5) is 0 Å². The first-order valence-electron chi connectivity index (χ1n) is 9.13. The Morgan fingerprint density at radius 3 is 2.54 bits per heavy atom. The number of aromatic nitrogens is 1. The molecule has 1 aliphatic rings. The molecule has 2 N–H and O–H groups in total. The van der Waals surface area contributed by atoms with E-state index in [4.69, 9.17) is 0 Å². The average molecular weight is 493 g/mol. The van der Waals surface area contributed by atoms with Gasteiger partial charge in [0.1, 0.15) is 6.54 Å². The number of aliphatic imine (C=N–C) groups is 1. The molecule has 0 radical (unpaired) electrons. The van der Waals surface area contributed by atoms with E-state index in [0.29, 0.717) is 6.04 Å². The second kappa shape index (κ2) is 11.7. The molecule has 1 aromatic rings. The summed E-state index contributed by atoms with van der Waals surface area (Å²) in [6.07, 6.45) is 7.06. The van der Waals surface area contributed by atoms with E-state index in [1.165, 1.54) is 37.0 Å². The van der Waals surface area contributed by atoms with E-state index in [1.54, 1.807) is 30.3 Å². The summed E-state index contributed by atoms with van der Waals surface area (Å²) in [6, 6.07) is 0.457. The maximum absolute atomic E-state index is 11.8. The van der Waals surface area contributed by atoms with Gasteiger partial charge in [0, 0.05) is 38.0 Å². The van der Waals surface area contributed by atoms with Crippen LogP contribution in [-0.2, 0) is 11.2 Å². The van der Waals surface area contributed by atoms with E-state index in [1.807, 2.05) is 6.92 Å². The van der Waals surface area contributed by atoms with Gasteiger partial charge in [-0.15, -0.1) is 35.3 Å². The number of guanidine groups is 1. The first-order chi connectivity index (χ1) is 12.0. The van der Waals surface area contributed by atoms with Gasteiger partial charge in [-0.2, -0.15) is 0 Å². The minimum atomic E-state index is 0. The molecule has 0 aliphatic heterocycles. The van der Waals surface area contributed by atoms with Crippen LogP contribution in [0, 0.1) is 13.8 Å². The van der Waals surface area contributed by atoms with Crippen LogP contribution in [0.25, 0.3) is 0 Å². The van der Waals surface area contributed by atoms with Crippen LogP contribution in [0.2, 0.25) is 0 Å². The Hall–Kier alpha value is -0.900. The quantitative estimate of drug-likeness (QED) is 0.363. The van der Waals surface area contributed by atoms with E-state index in [9.17, 15) is 4.79 Å². The number of rotatable bonds is 6. The van der Waals surface area contributed by atoms with Crippen molar-refractivity contribution in [1.82, 2.24) is 20.5 Å². The standard InChI is InChI=1S/C18H31N5OS.HI/c1-13-14(2)25-16(21-13)10-11-19-18(20-12-17(24)23(3)4)22-15-8-6-5-7-9-15;/h15H,5-12H2,1-4H3,(H2,19,20,22);1H. The predicted molar refractivity (Wildman–Crippen MR) is 120 cm³/mol. The number of hydrogen-bond donors (Lipinski definition) is 2. The second-order valence-electron chi connectivity index (χ2n) is 6.86. The lowest BCUT2D eigenvalue weighted by Crippen LogP contribution is -2.45. The number of amides is 1. The van der Waals surface area contributed by atoms with Crippen LogP contribution >= 0.6 is 35.3 Å². The summed E-state index contributed by atoms with van der Waals surface area (Å²) >= 11 is 1.75. The zero-order chi connectivity index (χ0) is 18.2. The lowest BCUT2D eigenvalue weighted by Gasteiger charge is -2.25. The average Bonchev–Trinajstić information content (AvgIpc) is 2.91. The van der Waals surface area contributed by atoms with Gasteiger partial charge in [0.25, 0.3) is 0 Å².